The van der Waals surface area contributed by atoms with Crippen molar-refractivity contribution < 1.29 is 22.7 Å². The molecule has 0 spiro atoms. The predicted molar refractivity (Wildman–Crippen MR) is 121 cm³/mol. The van der Waals surface area contributed by atoms with Crippen LogP contribution in [-0.4, -0.2) is 61.9 Å². The topological polar surface area (TPSA) is 96.0 Å². The molecular weight excluding hydrogens is 450 g/mol. The number of hydrogen-bond donors (Lipinski definition) is 1. The number of sulfonamides is 1. The minimum Gasteiger partial charge on any atom is -0.450 e. The van der Waals surface area contributed by atoms with E-state index in [0.717, 1.165) is 22.5 Å². The van der Waals surface area contributed by atoms with Gasteiger partial charge >= 0.3 is 6.09 Å². The van der Waals surface area contributed by atoms with E-state index in [1.54, 1.807) is 17.2 Å². The van der Waals surface area contributed by atoms with E-state index in [-0.39, 0.29) is 27.8 Å². The van der Waals surface area contributed by atoms with Crippen molar-refractivity contribution in [3.05, 3.63) is 51.7 Å². The number of carbonyl (C=O) groups excluding carboxylic acids is 2. The van der Waals surface area contributed by atoms with Crippen molar-refractivity contribution in [3.63, 3.8) is 0 Å². The lowest BCUT2D eigenvalue weighted by atomic mass is 10.0. The van der Waals surface area contributed by atoms with Gasteiger partial charge in [0.25, 0.3) is 5.91 Å². The summed E-state index contributed by atoms with van der Waals surface area (Å²) in [5, 5.41) is 4.60. The van der Waals surface area contributed by atoms with E-state index < -0.39 is 10.0 Å². The van der Waals surface area contributed by atoms with Gasteiger partial charge in [-0.05, 0) is 48.8 Å². The van der Waals surface area contributed by atoms with Crippen LogP contribution >= 0.6 is 11.3 Å². The molecule has 1 saturated heterocycles. The summed E-state index contributed by atoms with van der Waals surface area (Å²) in [5.74, 6) is -0.384. The van der Waals surface area contributed by atoms with Gasteiger partial charge in [0.05, 0.1) is 6.61 Å². The quantitative estimate of drug-likeness (QED) is 0.714. The van der Waals surface area contributed by atoms with E-state index in [4.69, 9.17) is 4.74 Å². The normalized spacial score (nSPS) is 17.6. The van der Waals surface area contributed by atoms with Crippen LogP contribution in [0.3, 0.4) is 0 Å². The van der Waals surface area contributed by atoms with Crippen molar-refractivity contribution in [2.75, 3.05) is 26.2 Å². The third-order valence-corrected chi connectivity index (χ3v) is 8.83. The predicted octanol–water partition coefficient (Wildman–Crippen LogP) is 2.85. The molecule has 2 aliphatic heterocycles. The standard InChI is InChI=1S/C22H27N3O5S2/c1-2-30-22(27)24-11-8-18(9-12-24)23-21(26)20-19(10-14-31-20)32(28,29)25-13-7-16-5-3-4-6-17(16)15-25/h3-6,10,14,18H,2,7-9,11-13,15H2,1H3,(H,23,26). The smallest absolute Gasteiger partial charge is 0.409 e. The number of nitrogens with zero attached hydrogens (tertiary/aromatic N) is 2. The fraction of sp³-hybridized carbons (Fsp3) is 0.455. The zero-order chi connectivity index (χ0) is 22.7. The van der Waals surface area contributed by atoms with Crippen LogP contribution in [0.15, 0.2) is 40.6 Å². The second kappa shape index (κ2) is 9.60. The minimum atomic E-state index is -3.79. The van der Waals surface area contributed by atoms with Gasteiger partial charge in [0, 0.05) is 32.2 Å². The van der Waals surface area contributed by atoms with E-state index in [1.165, 1.54) is 10.4 Å². The maximum atomic E-state index is 13.3. The highest BCUT2D eigenvalue weighted by atomic mass is 32.2. The van der Waals surface area contributed by atoms with Crippen LogP contribution in [0.2, 0.25) is 0 Å². The Morgan fingerprint density at radius 1 is 1.12 bits per heavy atom. The average Bonchev–Trinajstić information content (AvgIpc) is 3.30. The number of piperidine rings is 1. The maximum Gasteiger partial charge on any atom is 0.409 e. The number of rotatable bonds is 5. The first-order valence-corrected chi connectivity index (χ1v) is 13.1. The Morgan fingerprint density at radius 3 is 2.56 bits per heavy atom. The molecule has 1 aromatic heterocycles. The lowest BCUT2D eigenvalue weighted by molar-refractivity contribution is 0.0860. The average molecular weight is 478 g/mol. The number of nitrogens with one attached hydrogen (secondary N) is 1. The first-order valence-electron chi connectivity index (χ1n) is 10.8. The van der Waals surface area contributed by atoms with Crippen LogP contribution in [0.5, 0.6) is 0 Å². The summed E-state index contributed by atoms with van der Waals surface area (Å²) in [6.07, 6.45) is 1.51. The number of amides is 2. The lowest BCUT2D eigenvalue weighted by Gasteiger charge is -2.31. The van der Waals surface area contributed by atoms with Crippen LogP contribution in [0.1, 0.15) is 40.6 Å². The first-order chi connectivity index (χ1) is 15.4. The Morgan fingerprint density at radius 2 is 1.84 bits per heavy atom. The minimum absolute atomic E-state index is 0.0586. The molecule has 0 unspecified atom stereocenters. The van der Waals surface area contributed by atoms with E-state index in [1.807, 2.05) is 24.3 Å². The Labute approximate surface area is 192 Å². The molecule has 10 heteroatoms. The molecule has 0 aliphatic carbocycles. The molecule has 8 nitrogen and oxygen atoms in total. The van der Waals surface area contributed by atoms with Gasteiger partial charge < -0.3 is 15.0 Å². The molecule has 0 saturated carbocycles. The molecule has 4 rings (SSSR count). The SMILES string of the molecule is CCOC(=O)N1CCC(NC(=O)c2sccc2S(=O)(=O)N2CCc3ccccc3C2)CC1. The summed E-state index contributed by atoms with van der Waals surface area (Å²) in [5.41, 5.74) is 2.16. The fourth-order valence-electron chi connectivity index (χ4n) is 4.15. The summed E-state index contributed by atoms with van der Waals surface area (Å²) in [7, 11) is -3.79. The van der Waals surface area contributed by atoms with Crippen molar-refractivity contribution in [3.8, 4) is 0 Å². The highest BCUT2D eigenvalue weighted by Crippen LogP contribution is 2.29. The molecule has 0 radical (unpaired) electrons. The number of benzene rings is 1. The van der Waals surface area contributed by atoms with Gasteiger partial charge in [-0.15, -0.1) is 11.3 Å². The second-order valence-electron chi connectivity index (χ2n) is 7.90. The van der Waals surface area contributed by atoms with Gasteiger partial charge in [-0.3, -0.25) is 4.79 Å². The lowest BCUT2D eigenvalue weighted by Crippen LogP contribution is -2.46. The second-order valence-corrected chi connectivity index (χ2v) is 10.7. The Kier molecular flexibility index (Phi) is 6.82. The fourth-order valence-corrected chi connectivity index (χ4v) is 6.87. The molecule has 1 fully saturated rings. The van der Waals surface area contributed by atoms with Crippen molar-refractivity contribution in [2.24, 2.45) is 0 Å². The van der Waals surface area contributed by atoms with E-state index >= 15 is 0 Å². The van der Waals surface area contributed by atoms with Crippen LogP contribution in [0, 0.1) is 0 Å². The van der Waals surface area contributed by atoms with Crippen molar-refractivity contribution in [2.45, 2.75) is 43.7 Å². The molecule has 32 heavy (non-hydrogen) atoms. The van der Waals surface area contributed by atoms with E-state index in [0.29, 0.717) is 52.0 Å². The van der Waals surface area contributed by atoms with Crippen LogP contribution < -0.4 is 5.32 Å². The van der Waals surface area contributed by atoms with Gasteiger partial charge in [-0.2, -0.15) is 4.31 Å². The number of hydrogen-bond acceptors (Lipinski definition) is 6. The Bertz CT molecular complexity index is 1090. The molecule has 2 aromatic rings. The molecule has 2 amide bonds. The van der Waals surface area contributed by atoms with E-state index in [9.17, 15) is 18.0 Å². The molecule has 0 atom stereocenters. The number of fused-ring (bicyclic) bond motifs is 1. The van der Waals surface area contributed by atoms with Crippen LogP contribution in [0.4, 0.5) is 4.79 Å². The summed E-state index contributed by atoms with van der Waals surface area (Å²) in [4.78, 5) is 26.7. The molecule has 3 heterocycles. The van der Waals surface area contributed by atoms with Crippen molar-refractivity contribution in [1.82, 2.24) is 14.5 Å². The van der Waals surface area contributed by atoms with Crippen molar-refractivity contribution in [1.29, 1.82) is 0 Å². The zero-order valence-electron chi connectivity index (χ0n) is 18.0. The van der Waals surface area contributed by atoms with E-state index in [2.05, 4.69) is 5.32 Å². The molecule has 1 N–H and O–H groups in total. The van der Waals surface area contributed by atoms with Gasteiger partial charge in [0.1, 0.15) is 9.77 Å². The zero-order valence-corrected chi connectivity index (χ0v) is 19.6. The third kappa shape index (κ3) is 4.67. The van der Waals surface area contributed by atoms with Gasteiger partial charge in [-0.25, -0.2) is 13.2 Å². The summed E-state index contributed by atoms with van der Waals surface area (Å²) < 4.78 is 33.2. The number of ether oxygens (including phenoxy) is 1. The molecule has 2 aliphatic rings. The number of carbonyl (C=O) groups is 2. The van der Waals surface area contributed by atoms with Crippen LogP contribution in [-0.2, 0) is 27.7 Å². The summed E-state index contributed by atoms with van der Waals surface area (Å²) in [6.45, 7) is 3.78. The number of likely N-dealkylation sites (tertiary alicyclic amines) is 1. The molecule has 172 valence electrons. The van der Waals surface area contributed by atoms with Crippen LogP contribution in [0.25, 0.3) is 0 Å². The molecule has 0 bridgehead atoms. The molecule has 1 aromatic carbocycles. The summed E-state index contributed by atoms with van der Waals surface area (Å²) in [6, 6.07) is 9.23. The monoisotopic (exact) mass is 477 g/mol. The van der Waals surface area contributed by atoms with Gasteiger partial charge in [-0.1, -0.05) is 24.3 Å². The number of thiophene rings is 1. The maximum absolute atomic E-state index is 13.3. The van der Waals surface area contributed by atoms with Gasteiger partial charge in [0.2, 0.25) is 10.0 Å². The third-order valence-electron chi connectivity index (χ3n) is 5.90. The van der Waals surface area contributed by atoms with Gasteiger partial charge in [0.15, 0.2) is 0 Å². The first kappa shape index (κ1) is 22.8. The Balaban J connectivity index is 1.42. The highest BCUT2D eigenvalue weighted by Gasteiger charge is 2.33. The summed E-state index contributed by atoms with van der Waals surface area (Å²) >= 11 is 1.13. The van der Waals surface area contributed by atoms with Crippen molar-refractivity contribution >= 4 is 33.4 Å². The molecular formula is C22H27N3O5S2. The highest BCUT2D eigenvalue weighted by molar-refractivity contribution is 7.89. The Hall–Kier alpha value is -2.43. The largest absolute Gasteiger partial charge is 0.450 e.